The molecular weight excluding hydrogens is 292 g/mol. The third kappa shape index (κ3) is 1.84. The van der Waals surface area contributed by atoms with Crippen molar-refractivity contribution in [2.75, 3.05) is 13.2 Å². The van der Waals surface area contributed by atoms with Crippen LogP contribution in [0, 0.1) is 10.8 Å². The van der Waals surface area contributed by atoms with E-state index < -0.39 is 5.60 Å². The number of esters is 1. The summed E-state index contributed by atoms with van der Waals surface area (Å²) < 4.78 is 17.7. The SMILES string of the molecule is CC1(C)[C@@]2(C)CC[C@]1(C(=O)O[C@H]1CCOc3ccccc31)OC2. The summed E-state index contributed by atoms with van der Waals surface area (Å²) in [6.07, 6.45) is 2.21. The topological polar surface area (TPSA) is 44.8 Å². The lowest BCUT2D eigenvalue weighted by Crippen LogP contribution is -2.49. The van der Waals surface area contributed by atoms with E-state index in [1.807, 2.05) is 24.3 Å². The lowest BCUT2D eigenvalue weighted by atomic mass is 9.66. The number of carbonyl (C=O) groups excluding carboxylic acids is 1. The first-order valence-electron chi connectivity index (χ1n) is 8.46. The molecule has 0 N–H and O–H groups in total. The molecule has 124 valence electrons. The molecular formula is C19H24O4. The third-order valence-corrected chi connectivity index (χ3v) is 6.67. The minimum absolute atomic E-state index is 0.0552. The molecule has 1 aromatic rings. The summed E-state index contributed by atoms with van der Waals surface area (Å²) >= 11 is 0. The smallest absolute Gasteiger partial charge is 0.339 e. The average Bonchev–Trinajstić information content (AvgIpc) is 2.87. The highest BCUT2D eigenvalue weighted by molar-refractivity contribution is 5.82. The number of rotatable bonds is 2. The van der Waals surface area contributed by atoms with Gasteiger partial charge >= 0.3 is 5.97 Å². The molecule has 2 heterocycles. The second-order valence-electron chi connectivity index (χ2n) is 7.87. The number of hydrogen-bond donors (Lipinski definition) is 0. The standard InChI is InChI=1S/C19H24O4/c1-17(2)18(3)9-10-19(17,22-12-18)16(20)23-15-8-11-21-14-7-5-4-6-13(14)15/h4-7,15H,8-12H2,1-3H3/t15-,18-,19+/m0/s1. The van der Waals surface area contributed by atoms with E-state index in [-0.39, 0.29) is 22.9 Å². The molecule has 4 heteroatoms. The van der Waals surface area contributed by atoms with Crippen molar-refractivity contribution in [2.45, 2.75) is 51.7 Å². The van der Waals surface area contributed by atoms with Crippen LogP contribution in [-0.4, -0.2) is 24.8 Å². The van der Waals surface area contributed by atoms with Crippen molar-refractivity contribution in [3.05, 3.63) is 29.8 Å². The summed E-state index contributed by atoms with van der Waals surface area (Å²) in [6.45, 7) is 7.72. The third-order valence-electron chi connectivity index (χ3n) is 6.67. The first-order chi connectivity index (χ1) is 10.9. The van der Waals surface area contributed by atoms with Gasteiger partial charge in [-0.2, -0.15) is 0 Å². The molecule has 1 saturated heterocycles. The van der Waals surface area contributed by atoms with E-state index >= 15 is 0 Å². The van der Waals surface area contributed by atoms with Crippen molar-refractivity contribution >= 4 is 5.97 Å². The Morgan fingerprint density at radius 2 is 2.00 bits per heavy atom. The fourth-order valence-corrected chi connectivity index (χ4v) is 4.42. The molecule has 2 aliphatic heterocycles. The zero-order chi connectivity index (χ0) is 16.3. The van der Waals surface area contributed by atoms with Crippen LogP contribution >= 0.6 is 0 Å². The first kappa shape index (κ1) is 15.0. The van der Waals surface area contributed by atoms with Gasteiger partial charge in [0.1, 0.15) is 11.9 Å². The molecule has 1 aliphatic carbocycles. The fraction of sp³-hybridized carbons (Fsp3) is 0.632. The van der Waals surface area contributed by atoms with Crippen molar-refractivity contribution in [1.82, 2.24) is 0 Å². The normalized spacial score (nSPS) is 37.1. The lowest BCUT2D eigenvalue weighted by molar-refractivity contribution is -0.183. The summed E-state index contributed by atoms with van der Waals surface area (Å²) in [5, 5.41) is 0. The quantitative estimate of drug-likeness (QED) is 0.781. The van der Waals surface area contributed by atoms with Crippen LogP contribution in [0.4, 0.5) is 0 Å². The Kier molecular flexibility index (Phi) is 3.08. The van der Waals surface area contributed by atoms with Crippen LogP contribution in [0.15, 0.2) is 24.3 Å². The molecule has 1 aromatic carbocycles. The van der Waals surface area contributed by atoms with Crippen LogP contribution in [0.2, 0.25) is 0 Å². The molecule has 3 aliphatic rings. The predicted molar refractivity (Wildman–Crippen MR) is 85.2 cm³/mol. The van der Waals surface area contributed by atoms with E-state index in [1.165, 1.54) is 0 Å². The van der Waals surface area contributed by atoms with Crippen LogP contribution < -0.4 is 4.74 Å². The average molecular weight is 316 g/mol. The van der Waals surface area contributed by atoms with Gasteiger partial charge < -0.3 is 14.2 Å². The molecule has 0 unspecified atom stereocenters. The summed E-state index contributed by atoms with van der Waals surface area (Å²) in [5.74, 6) is 0.613. The van der Waals surface area contributed by atoms with Gasteiger partial charge in [-0.05, 0) is 24.3 Å². The molecule has 0 aromatic heterocycles. The summed E-state index contributed by atoms with van der Waals surface area (Å²) in [5.41, 5.74) is 0.0103. The van der Waals surface area contributed by atoms with Crippen molar-refractivity contribution in [1.29, 1.82) is 0 Å². The van der Waals surface area contributed by atoms with Crippen molar-refractivity contribution in [3.63, 3.8) is 0 Å². The summed E-state index contributed by atoms with van der Waals surface area (Å²) in [7, 11) is 0. The van der Waals surface area contributed by atoms with Gasteiger partial charge in [-0.1, -0.05) is 39.0 Å². The number of benzene rings is 1. The van der Waals surface area contributed by atoms with Gasteiger partial charge in [-0.25, -0.2) is 4.79 Å². The molecule has 1 saturated carbocycles. The van der Waals surface area contributed by atoms with Gasteiger partial charge in [-0.15, -0.1) is 0 Å². The highest BCUT2D eigenvalue weighted by Crippen LogP contribution is 2.65. The van der Waals surface area contributed by atoms with Crippen molar-refractivity contribution in [3.8, 4) is 5.75 Å². The maximum atomic E-state index is 13.1. The Morgan fingerprint density at radius 1 is 1.22 bits per heavy atom. The highest BCUT2D eigenvalue weighted by Gasteiger charge is 2.71. The lowest BCUT2D eigenvalue weighted by Gasteiger charge is -2.38. The summed E-state index contributed by atoms with van der Waals surface area (Å²) in [6, 6.07) is 7.79. The van der Waals surface area contributed by atoms with Gasteiger partial charge in [-0.3, -0.25) is 0 Å². The molecule has 4 nitrogen and oxygen atoms in total. The van der Waals surface area contributed by atoms with E-state index in [1.54, 1.807) is 0 Å². The second kappa shape index (κ2) is 4.73. The van der Waals surface area contributed by atoms with Gasteiger partial charge in [0.2, 0.25) is 0 Å². The molecule has 0 amide bonds. The highest BCUT2D eigenvalue weighted by atomic mass is 16.6. The molecule has 2 fully saturated rings. The zero-order valence-electron chi connectivity index (χ0n) is 14.1. The monoisotopic (exact) mass is 316 g/mol. The van der Waals surface area contributed by atoms with Crippen LogP contribution in [-0.2, 0) is 14.3 Å². The molecule has 0 radical (unpaired) electrons. The van der Waals surface area contributed by atoms with E-state index in [9.17, 15) is 4.79 Å². The number of hydrogen-bond acceptors (Lipinski definition) is 4. The van der Waals surface area contributed by atoms with E-state index in [2.05, 4.69) is 20.8 Å². The number of para-hydroxylation sites is 1. The minimum Gasteiger partial charge on any atom is -0.493 e. The predicted octanol–water partition coefficient (Wildman–Crippen LogP) is 3.65. The van der Waals surface area contributed by atoms with Gasteiger partial charge in [0.15, 0.2) is 5.60 Å². The fourth-order valence-electron chi connectivity index (χ4n) is 4.42. The number of carbonyl (C=O) groups is 1. The van der Waals surface area contributed by atoms with Gasteiger partial charge in [0, 0.05) is 17.4 Å². The second-order valence-corrected chi connectivity index (χ2v) is 7.87. The zero-order valence-corrected chi connectivity index (χ0v) is 14.1. The van der Waals surface area contributed by atoms with E-state index in [0.717, 1.165) is 24.2 Å². The Hall–Kier alpha value is -1.55. The molecule has 2 bridgehead atoms. The van der Waals surface area contributed by atoms with Gasteiger partial charge in [0.05, 0.1) is 13.2 Å². The molecule has 23 heavy (non-hydrogen) atoms. The van der Waals surface area contributed by atoms with E-state index in [0.29, 0.717) is 19.6 Å². The molecule has 4 rings (SSSR count). The van der Waals surface area contributed by atoms with Crippen molar-refractivity contribution < 1.29 is 19.0 Å². The van der Waals surface area contributed by atoms with Crippen LogP contribution in [0.5, 0.6) is 5.75 Å². The Balaban J connectivity index is 1.61. The number of fused-ring (bicyclic) bond motifs is 3. The van der Waals surface area contributed by atoms with E-state index in [4.69, 9.17) is 14.2 Å². The Morgan fingerprint density at radius 3 is 2.65 bits per heavy atom. The van der Waals surface area contributed by atoms with Crippen LogP contribution in [0.1, 0.15) is 51.7 Å². The van der Waals surface area contributed by atoms with Gasteiger partial charge in [0.25, 0.3) is 0 Å². The first-order valence-corrected chi connectivity index (χ1v) is 8.46. The maximum Gasteiger partial charge on any atom is 0.339 e. The van der Waals surface area contributed by atoms with Crippen LogP contribution in [0.3, 0.4) is 0 Å². The Bertz CT molecular complexity index is 641. The van der Waals surface area contributed by atoms with Crippen LogP contribution in [0.25, 0.3) is 0 Å². The minimum atomic E-state index is -0.797. The largest absolute Gasteiger partial charge is 0.493 e. The summed E-state index contributed by atoms with van der Waals surface area (Å²) in [4.78, 5) is 13.1. The maximum absolute atomic E-state index is 13.1. The molecule has 3 atom stereocenters. The Labute approximate surface area is 137 Å². The number of ether oxygens (including phenoxy) is 3. The van der Waals surface area contributed by atoms with Crippen molar-refractivity contribution in [2.24, 2.45) is 10.8 Å². The molecule has 0 spiro atoms.